The number of nitrogens with two attached hydrogens (primary N) is 1. The molecular weight excluding hydrogens is 320 g/mol. The van der Waals surface area contributed by atoms with E-state index in [2.05, 4.69) is 51.8 Å². The van der Waals surface area contributed by atoms with E-state index in [9.17, 15) is 0 Å². The molecular formula is C14H21BrN4O. The van der Waals surface area contributed by atoms with Gasteiger partial charge in [0.05, 0.1) is 0 Å². The Kier molecular flexibility index (Phi) is 4.25. The van der Waals surface area contributed by atoms with Crippen molar-refractivity contribution >= 4 is 27.5 Å². The molecule has 0 atom stereocenters. The molecule has 110 valence electrons. The molecule has 1 heterocycles. The van der Waals surface area contributed by atoms with Crippen LogP contribution in [0, 0.1) is 0 Å². The van der Waals surface area contributed by atoms with Gasteiger partial charge in [0.1, 0.15) is 0 Å². The second-order valence-electron chi connectivity index (χ2n) is 5.80. The van der Waals surface area contributed by atoms with Crippen molar-refractivity contribution in [3.63, 3.8) is 0 Å². The van der Waals surface area contributed by atoms with E-state index in [4.69, 9.17) is 10.9 Å². The van der Waals surface area contributed by atoms with Gasteiger partial charge in [0.2, 0.25) is 0 Å². The van der Waals surface area contributed by atoms with Gasteiger partial charge in [-0.1, -0.05) is 21.1 Å². The first-order chi connectivity index (χ1) is 9.35. The van der Waals surface area contributed by atoms with E-state index in [-0.39, 0.29) is 11.4 Å². The van der Waals surface area contributed by atoms with Crippen molar-refractivity contribution in [3.8, 4) is 0 Å². The van der Waals surface area contributed by atoms with E-state index in [1.165, 1.54) is 0 Å². The van der Waals surface area contributed by atoms with Gasteiger partial charge >= 0.3 is 0 Å². The normalized spacial score (nSPS) is 20.2. The summed E-state index contributed by atoms with van der Waals surface area (Å²) in [6, 6.07) is 5.80. The number of oxime groups is 1. The molecule has 5 nitrogen and oxygen atoms in total. The van der Waals surface area contributed by atoms with E-state index >= 15 is 0 Å². The molecule has 1 aliphatic rings. The number of piperazine rings is 1. The second kappa shape index (κ2) is 5.61. The maximum absolute atomic E-state index is 8.95. The summed E-state index contributed by atoms with van der Waals surface area (Å²) in [7, 11) is 2.14. The van der Waals surface area contributed by atoms with Crippen LogP contribution in [-0.2, 0) is 0 Å². The minimum absolute atomic E-state index is 0.0863. The third-order valence-electron chi connectivity index (χ3n) is 4.00. The largest absolute Gasteiger partial charge is 0.409 e. The Morgan fingerprint density at radius 1 is 1.40 bits per heavy atom. The molecule has 1 fully saturated rings. The molecule has 0 aliphatic carbocycles. The fourth-order valence-electron chi connectivity index (χ4n) is 2.48. The molecule has 0 radical (unpaired) electrons. The van der Waals surface area contributed by atoms with Gasteiger partial charge in [0.15, 0.2) is 5.84 Å². The van der Waals surface area contributed by atoms with Gasteiger partial charge in [0.25, 0.3) is 0 Å². The Morgan fingerprint density at radius 3 is 2.70 bits per heavy atom. The summed E-state index contributed by atoms with van der Waals surface area (Å²) in [5.74, 6) is 0.143. The van der Waals surface area contributed by atoms with Gasteiger partial charge in [-0.3, -0.25) is 4.90 Å². The van der Waals surface area contributed by atoms with E-state index in [0.29, 0.717) is 0 Å². The van der Waals surface area contributed by atoms with Crippen LogP contribution in [0.2, 0.25) is 0 Å². The lowest BCUT2D eigenvalue weighted by Crippen LogP contribution is -2.58. The molecule has 0 amide bonds. The van der Waals surface area contributed by atoms with Crippen molar-refractivity contribution in [2.45, 2.75) is 19.4 Å². The molecule has 0 bridgehead atoms. The molecule has 1 saturated heterocycles. The summed E-state index contributed by atoms with van der Waals surface area (Å²) in [6.07, 6.45) is 0. The van der Waals surface area contributed by atoms with Crippen LogP contribution in [0.25, 0.3) is 0 Å². The number of anilines is 1. The molecule has 2 rings (SSSR count). The zero-order chi connectivity index (χ0) is 14.9. The summed E-state index contributed by atoms with van der Waals surface area (Å²) in [6.45, 7) is 7.24. The predicted octanol–water partition coefficient (Wildman–Crippen LogP) is 2.07. The number of likely N-dealkylation sites (N-methyl/N-ethyl adjacent to an activating group) is 1. The van der Waals surface area contributed by atoms with Crippen LogP contribution in [0.1, 0.15) is 19.4 Å². The molecule has 0 spiro atoms. The number of hydrogen-bond acceptors (Lipinski definition) is 4. The van der Waals surface area contributed by atoms with Gasteiger partial charge in [-0.2, -0.15) is 0 Å². The van der Waals surface area contributed by atoms with Crippen molar-refractivity contribution in [1.82, 2.24) is 4.90 Å². The first kappa shape index (κ1) is 15.1. The van der Waals surface area contributed by atoms with Crippen LogP contribution >= 0.6 is 15.9 Å². The number of amidine groups is 1. The Labute approximate surface area is 128 Å². The van der Waals surface area contributed by atoms with Gasteiger partial charge in [-0.25, -0.2) is 0 Å². The quantitative estimate of drug-likeness (QED) is 0.374. The molecule has 1 aromatic rings. The van der Waals surface area contributed by atoms with Gasteiger partial charge in [-0.05, 0) is 39.1 Å². The molecule has 6 heteroatoms. The summed E-state index contributed by atoms with van der Waals surface area (Å²) in [4.78, 5) is 4.64. The fourth-order valence-corrected chi connectivity index (χ4v) is 2.83. The Balaban J connectivity index is 2.39. The maximum atomic E-state index is 8.95. The van der Waals surface area contributed by atoms with Crippen molar-refractivity contribution < 1.29 is 5.21 Å². The van der Waals surface area contributed by atoms with Crippen LogP contribution in [-0.4, -0.2) is 48.2 Å². The molecule has 1 aromatic carbocycles. The summed E-state index contributed by atoms with van der Waals surface area (Å²) in [5.41, 5.74) is 7.64. The zero-order valence-electron chi connectivity index (χ0n) is 12.1. The highest BCUT2D eigenvalue weighted by Crippen LogP contribution is 2.29. The van der Waals surface area contributed by atoms with Gasteiger partial charge < -0.3 is 15.8 Å². The maximum Gasteiger partial charge on any atom is 0.172 e. The average Bonchev–Trinajstić information content (AvgIpc) is 2.41. The second-order valence-corrected chi connectivity index (χ2v) is 6.72. The summed E-state index contributed by atoms with van der Waals surface area (Å²) in [5, 5.41) is 12.1. The fraction of sp³-hybridized carbons (Fsp3) is 0.500. The Bertz CT molecular complexity index is 530. The van der Waals surface area contributed by atoms with Crippen molar-refractivity contribution in [2.75, 3.05) is 31.6 Å². The SMILES string of the molecule is CN1CCN(c2cc(Br)ccc2/C(N)=N/O)CC1(C)C. The minimum atomic E-state index is 0.0863. The van der Waals surface area contributed by atoms with Crippen molar-refractivity contribution in [2.24, 2.45) is 10.9 Å². The van der Waals surface area contributed by atoms with Crippen LogP contribution in [0.15, 0.2) is 27.8 Å². The molecule has 20 heavy (non-hydrogen) atoms. The van der Waals surface area contributed by atoms with Crippen molar-refractivity contribution in [3.05, 3.63) is 28.2 Å². The zero-order valence-corrected chi connectivity index (χ0v) is 13.7. The van der Waals surface area contributed by atoms with Crippen molar-refractivity contribution in [1.29, 1.82) is 0 Å². The Morgan fingerprint density at radius 2 is 2.10 bits per heavy atom. The minimum Gasteiger partial charge on any atom is -0.409 e. The third-order valence-corrected chi connectivity index (χ3v) is 4.49. The molecule has 0 saturated carbocycles. The monoisotopic (exact) mass is 340 g/mol. The number of benzene rings is 1. The number of hydrogen-bond donors (Lipinski definition) is 2. The van der Waals surface area contributed by atoms with E-state index in [1.807, 2.05) is 18.2 Å². The summed E-state index contributed by atoms with van der Waals surface area (Å²) >= 11 is 3.49. The topological polar surface area (TPSA) is 65.1 Å². The van der Waals surface area contributed by atoms with Crippen LogP contribution in [0.4, 0.5) is 5.69 Å². The van der Waals surface area contributed by atoms with E-state index < -0.39 is 0 Å². The number of rotatable bonds is 2. The van der Waals surface area contributed by atoms with Gasteiger partial charge in [0, 0.05) is 40.9 Å². The smallest absolute Gasteiger partial charge is 0.172 e. The highest BCUT2D eigenvalue weighted by molar-refractivity contribution is 9.10. The lowest BCUT2D eigenvalue weighted by Gasteiger charge is -2.46. The third kappa shape index (κ3) is 2.91. The standard InChI is InChI=1S/C14H21BrN4O/c1-14(2)9-19(7-6-18(14)3)12-8-10(15)4-5-11(12)13(16)17-20/h4-5,8,20H,6-7,9H2,1-3H3,(H2,16,17). The average molecular weight is 341 g/mol. The molecule has 1 aliphatic heterocycles. The van der Waals surface area contributed by atoms with Gasteiger partial charge in [-0.15, -0.1) is 0 Å². The summed E-state index contributed by atoms with van der Waals surface area (Å²) < 4.78 is 0.985. The lowest BCUT2D eigenvalue weighted by molar-refractivity contribution is 0.139. The highest BCUT2D eigenvalue weighted by Gasteiger charge is 2.32. The molecule has 3 N–H and O–H groups in total. The predicted molar refractivity (Wildman–Crippen MR) is 85.6 cm³/mol. The van der Waals surface area contributed by atoms with E-state index in [1.54, 1.807) is 0 Å². The first-order valence-corrected chi connectivity index (χ1v) is 7.38. The molecule has 0 unspecified atom stereocenters. The lowest BCUT2D eigenvalue weighted by atomic mass is 9.98. The van der Waals surface area contributed by atoms with E-state index in [0.717, 1.165) is 35.4 Å². The number of nitrogens with zero attached hydrogens (tertiary/aromatic N) is 3. The number of halogens is 1. The van der Waals surface area contributed by atoms with Crippen LogP contribution in [0.3, 0.4) is 0 Å². The first-order valence-electron chi connectivity index (χ1n) is 6.59. The van der Waals surface area contributed by atoms with Crippen LogP contribution < -0.4 is 10.6 Å². The Hall–Kier alpha value is -1.27. The highest BCUT2D eigenvalue weighted by atomic mass is 79.9. The molecule has 0 aromatic heterocycles. The van der Waals surface area contributed by atoms with Crippen LogP contribution in [0.5, 0.6) is 0 Å².